The standard InChI is InChI=1S/C21H18NO2/c1-2-4-19(5-3-1)15-22-12-10-17(11-13-22)6-7-18-8-9-20-21(14-18)24-16-23-20/h1-14H,15-16H2/q+1/b7-6+. The van der Waals surface area contributed by atoms with Crippen molar-refractivity contribution in [3.05, 3.63) is 89.7 Å². The van der Waals surface area contributed by atoms with Crippen molar-refractivity contribution in [1.82, 2.24) is 0 Å². The van der Waals surface area contributed by atoms with E-state index in [1.54, 1.807) is 0 Å². The third-order valence-corrected chi connectivity index (χ3v) is 3.99. The van der Waals surface area contributed by atoms with Gasteiger partial charge in [-0.1, -0.05) is 48.6 Å². The number of ether oxygens (including phenoxy) is 2. The molecule has 0 fully saturated rings. The van der Waals surface area contributed by atoms with Gasteiger partial charge in [0.05, 0.1) is 0 Å². The van der Waals surface area contributed by atoms with E-state index in [1.165, 1.54) is 5.56 Å². The van der Waals surface area contributed by atoms with E-state index in [0.717, 1.165) is 29.2 Å². The molecule has 1 aliphatic heterocycles. The fourth-order valence-corrected chi connectivity index (χ4v) is 2.69. The van der Waals surface area contributed by atoms with Gasteiger partial charge in [-0.15, -0.1) is 0 Å². The molecule has 4 rings (SSSR count). The van der Waals surface area contributed by atoms with Crippen molar-refractivity contribution in [3.8, 4) is 11.5 Å². The first-order chi connectivity index (χ1) is 11.9. The van der Waals surface area contributed by atoms with Crippen LogP contribution in [0.5, 0.6) is 11.5 Å². The Hall–Kier alpha value is -3.07. The highest BCUT2D eigenvalue weighted by Crippen LogP contribution is 2.32. The Morgan fingerprint density at radius 3 is 2.38 bits per heavy atom. The van der Waals surface area contributed by atoms with Crippen LogP contribution in [0.15, 0.2) is 73.1 Å². The van der Waals surface area contributed by atoms with Gasteiger partial charge in [0.25, 0.3) is 0 Å². The number of hydrogen-bond donors (Lipinski definition) is 0. The lowest BCUT2D eigenvalue weighted by Gasteiger charge is -1.99. The molecule has 2 heterocycles. The molecule has 2 aromatic carbocycles. The maximum atomic E-state index is 5.40. The quantitative estimate of drug-likeness (QED) is 0.681. The summed E-state index contributed by atoms with van der Waals surface area (Å²) in [5.41, 5.74) is 3.56. The smallest absolute Gasteiger partial charge is 0.231 e. The molecule has 1 aliphatic rings. The highest BCUT2D eigenvalue weighted by Gasteiger charge is 2.12. The van der Waals surface area contributed by atoms with Gasteiger partial charge in [0.1, 0.15) is 0 Å². The Kier molecular flexibility index (Phi) is 3.98. The van der Waals surface area contributed by atoms with Crippen LogP contribution in [0.25, 0.3) is 12.2 Å². The average molecular weight is 316 g/mol. The SMILES string of the molecule is C(=C\c1ccc2c(c1)OCO2)/c1cc[n+](Cc2ccccc2)cc1. The predicted octanol–water partition coefficient (Wildman–Crippen LogP) is 3.92. The molecule has 0 spiro atoms. The van der Waals surface area contributed by atoms with Gasteiger partial charge in [-0.3, -0.25) is 0 Å². The van der Waals surface area contributed by atoms with Crippen LogP contribution < -0.4 is 14.0 Å². The van der Waals surface area contributed by atoms with Gasteiger partial charge in [-0.25, -0.2) is 4.57 Å². The Labute approximate surface area is 141 Å². The first kappa shape index (κ1) is 14.5. The van der Waals surface area contributed by atoms with Gasteiger partial charge < -0.3 is 9.47 Å². The minimum atomic E-state index is 0.308. The molecule has 0 saturated heterocycles. The summed E-state index contributed by atoms with van der Waals surface area (Å²) in [6, 6.07) is 20.7. The van der Waals surface area contributed by atoms with Gasteiger partial charge in [-0.2, -0.15) is 0 Å². The Balaban J connectivity index is 1.45. The van der Waals surface area contributed by atoms with Gasteiger partial charge in [0.2, 0.25) is 6.79 Å². The summed E-state index contributed by atoms with van der Waals surface area (Å²) in [5.74, 6) is 1.62. The summed E-state index contributed by atoms with van der Waals surface area (Å²) < 4.78 is 12.9. The van der Waals surface area contributed by atoms with E-state index >= 15 is 0 Å². The predicted molar refractivity (Wildman–Crippen MR) is 93.7 cm³/mol. The van der Waals surface area contributed by atoms with Gasteiger partial charge in [-0.05, 0) is 23.3 Å². The number of hydrogen-bond acceptors (Lipinski definition) is 2. The fourth-order valence-electron chi connectivity index (χ4n) is 2.69. The molecule has 0 unspecified atom stereocenters. The maximum absolute atomic E-state index is 5.40. The number of rotatable bonds is 4. The zero-order valence-corrected chi connectivity index (χ0v) is 13.3. The van der Waals surface area contributed by atoms with Crippen molar-refractivity contribution in [2.45, 2.75) is 6.54 Å². The molecule has 24 heavy (non-hydrogen) atoms. The number of fused-ring (bicyclic) bond motifs is 1. The van der Waals surface area contributed by atoms with Crippen molar-refractivity contribution in [2.75, 3.05) is 6.79 Å². The summed E-state index contributed by atoms with van der Waals surface area (Å²) in [7, 11) is 0. The number of pyridine rings is 1. The summed E-state index contributed by atoms with van der Waals surface area (Å²) >= 11 is 0. The zero-order chi connectivity index (χ0) is 16.2. The summed E-state index contributed by atoms with van der Waals surface area (Å²) in [6.45, 7) is 1.19. The van der Waals surface area contributed by atoms with Crippen LogP contribution >= 0.6 is 0 Å². The maximum Gasteiger partial charge on any atom is 0.231 e. The fraction of sp³-hybridized carbons (Fsp3) is 0.0952. The Morgan fingerprint density at radius 2 is 1.54 bits per heavy atom. The molecule has 0 atom stereocenters. The molecule has 0 saturated carbocycles. The lowest BCUT2D eigenvalue weighted by Crippen LogP contribution is -2.32. The first-order valence-corrected chi connectivity index (χ1v) is 7.98. The van der Waals surface area contributed by atoms with Crippen LogP contribution in [0.1, 0.15) is 16.7 Å². The molecule has 3 heteroatoms. The molecular weight excluding hydrogens is 298 g/mol. The highest BCUT2D eigenvalue weighted by molar-refractivity contribution is 5.70. The molecular formula is C21H18NO2+. The molecule has 0 bridgehead atoms. The third kappa shape index (κ3) is 3.30. The van der Waals surface area contributed by atoms with E-state index in [0.29, 0.717) is 6.79 Å². The molecule has 0 aliphatic carbocycles. The summed E-state index contributed by atoms with van der Waals surface area (Å²) in [5, 5.41) is 0. The Morgan fingerprint density at radius 1 is 0.792 bits per heavy atom. The van der Waals surface area contributed by atoms with Crippen molar-refractivity contribution in [1.29, 1.82) is 0 Å². The van der Waals surface area contributed by atoms with Crippen molar-refractivity contribution < 1.29 is 14.0 Å². The normalized spacial score (nSPS) is 12.7. The highest BCUT2D eigenvalue weighted by atomic mass is 16.7. The molecule has 1 aromatic heterocycles. The second kappa shape index (κ2) is 6.59. The van der Waals surface area contributed by atoms with E-state index in [4.69, 9.17) is 9.47 Å². The van der Waals surface area contributed by atoms with Crippen molar-refractivity contribution >= 4 is 12.2 Å². The van der Waals surface area contributed by atoms with Crippen molar-refractivity contribution in [3.63, 3.8) is 0 Å². The second-order valence-corrected chi connectivity index (χ2v) is 5.74. The van der Waals surface area contributed by atoms with Crippen LogP contribution in [-0.4, -0.2) is 6.79 Å². The molecule has 0 amide bonds. The summed E-state index contributed by atoms with van der Waals surface area (Å²) in [6.07, 6.45) is 8.39. The van der Waals surface area contributed by atoms with Crippen LogP contribution in [-0.2, 0) is 6.54 Å². The number of nitrogens with zero attached hydrogens (tertiary/aromatic N) is 1. The second-order valence-electron chi connectivity index (χ2n) is 5.74. The Bertz CT molecular complexity index is 855. The topological polar surface area (TPSA) is 22.3 Å². The van der Waals surface area contributed by atoms with E-state index in [1.807, 2.05) is 24.3 Å². The zero-order valence-electron chi connectivity index (χ0n) is 13.3. The van der Waals surface area contributed by atoms with E-state index in [9.17, 15) is 0 Å². The molecule has 0 N–H and O–H groups in total. The van der Waals surface area contributed by atoms with E-state index in [-0.39, 0.29) is 0 Å². The minimum absolute atomic E-state index is 0.308. The summed E-state index contributed by atoms with van der Waals surface area (Å²) in [4.78, 5) is 0. The lowest BCUT2D eigenvalue weighted by molar-refractivity contribution is -0.688. The van der Waals surface area contributed by atoms with Crippen LogP contribution in [0.2, 0.25) is 0 Å². The van der Waals surface area contributed by atoms with Gasteiger partial charge in [0.15, 0.2) is 30.4 Å². The van der Waals surface area contributed by atoms with E-state index < -0.39 is 0 Å². The lowest BCUT2D eigenvalue weighted by atomic mass is 10.1. The number of benzene rings is 2. The van der Waals surface area contributed by atoms with Crippen LogP contribution in [0.4, 0.5) is 0 Å². The third-order valence-electron chi connectivity index (χ3n) is 3.99. The van der Waals surface area contributed by atoms with Crippen LogP contribution in [0, 0.1) is 0 Å². The molecule has 118 valence electrons. The van der Waals surface area contributed by atoms with Crippen molar-refractivity contribution in [2.24, 2.45) is 0 Å². The first-order valence-electron chi connectivity index (χ1n) is 7.98. The minimum Gasteiger partial charge on any atom is -0.454 e. The van der Waals surface area contributed by atoms with Gasteiger partial charge >= 0.3 is 0 Å². The number of aromatic nitrogens is 1. The molecule has 3 nitrogen and oxygen atoms in total. The van der Waals surface area contributed by atoms with Gasteiger partial charge in [0, 0.05) is 17.7 Å². The molecule has 3 aromatic rings. The largest absolute Gasteiger partial charge is 0.454 e. The monoisotopic (exact) mass is 316 g/mol. The van der Waals surface area contributed by atoms with Crippen LogP contribution in [0.3, 0.4) is 0 Å². The van der Waals surface area contributed by atoms with E-state index in [2.05, 4.69) is 65.5 Å². The average Bonchev–Trinajstić information content (AvgIpc) is 3.10. The molecule has 0 radical (unpaired) electrons.